The second kappa shape index (κ2) is 7.22. The summed E-state index contributed by atoms with van der Waals surface area (Å²) in [5, 5.41) is 3.93. The molecule has 0 saturated carbocycles. The maximum atomic E-state index is 13.0. The van der Waals surface area contributed by atoms with Gasteiger partial charge in [-0.15, -0.1) is 0 Å². The van der Waals surface area contributed by atoms with E-state index in [4.69, 9.17) is 4.74 Å². The van der Waals surface area contributed by atoms with Crippen molar-refractivity contribution in [3.8, 4) is 11.4 Å². The van der Waals surface area contributed by atoms with Crippen LogP contribution in [0.25, 0.3) is 22.3 Å². The van der Waals surface area contributed by atoms with Gasteiger partial charge in [-0.2, -0.15) is 0 Å². The topological polar surface area (TPSA) is 64.1 Å². The predicted octanol–water partition coefficient (Wildman–Crippen LogP) is 3.59. The van der Waals surface area contributed by atoms with E-state index in [-0.39, 0.29) is 18.1 Å². The molecule has 0 unspecified atom stereocenters. The van der Waals surface area contributed by atoms with Crippen molar-refractivity contribution in [3.63, 3.8) is 0 Å². The minimum absolute atomic E-state index is 0.0322. The van der Waals surface area contributed by atoms with E-state index in [1.54, 1.807) is 6.20 Å². The zero-order valence-corrected chi connectivity index (χ0v) is 14.7. The van der Waals surface area contributed by atoms with Crippen LogP contribution in [0.3, 0.4) is 0 Å². The molecule has 3 aromatic rings. The number of ether oxygens (including phenoxy) is 1. The Morgan fingerprint density at radius 2 is 2.04 bits per heavy atom. The first-order valence-electron chi connectivity index (χ1n) is 8.96. The molecule has 1 fully saturated rings. The highest BCUT2D eigenvalue weighted by molar-refractivity contribution is 6.07. The summed E-state index contributed by atoms with van der Waals surface area (Å²) in [5.41, 5.74) is 2.84. The first-order chi connectivity index (χ1) is 12.7. The molecule has 132 valence electrons. The molecule has 2 atom stereocenters. The van der Waals surface area contributed by atoms with Crippen LogP contribution >= 0.6 is 0 Å². The van der Waals surface area contributed by atoms with Gasteiger partial charge < -0.3 is 10.1 Å². The maximum Gasteiger partial charge on any atom is 0.252 e. The van der Waals surface area contributed by atoms with Crippen molar-refractivity contribution < 1.29 is 9.53 Å². The van der Waals surface area contributed by atoms with Gasteiger partial charge in [-0.25, -0.2) is 4.98 Å². The van der Waals surface area contributed by atoms with Gasteiger partial charge in [0, 0.05) is 18.2 Å². The van der Waals surface area contributed by atoms with Crippen molar-refractivity contribution in [2.24, 2.45) is 0 Å². The van der Waals surface area contributed by atoms with Crippen molar-refractivity contribution >= 4 is 16.8 Å². The number of benzene rings is 1. The number of rotatable bonds is 4. The van der Waals surface area contributed by atoms with Crippen molar-refractivity contribution in [2.45, 2.75) is 31.9 Å². The van der Waals surface area contributed by atoms with Crippen LogP contribution in [0.4, 0.5) is 0 Å². The quantitative estimate of drug-likeness (QED) is 0.783. The number of amides is 1. The summed E-state index contributed by atoms with van der Waals surface area (Å²) in [6.45, 7) is 2.77. The van der Waals surface area contributed by atoms with Gasteiger partial charge in [0.25, 0.3) is 5.91 Å². The van der Waals surface area contributed by atoms with Crippen LogP contribution in [0.5, 0.6) is 0 Å². The number of aromatic nitrogens is 2. The van der Waals surface area contributed by atoms with E-state index in [0.29, 0.717) is 11.3 Å². The molecule has 0 aliphatic carbocycles. The number of nitrogens with one attached hydrogen (secondary N) is 1. The fourth-order valence-electron chi connectivity index (χ4n) is 3.38. The number of nitrogens with zero attached hydrogens (tertiary/aromatic N) is 2. The van der Waals surface area contributed by atoms with Gasteiger partial charge in [0.15, 0.2) is 0 Å². The largest absolute Gasteiger partial charge is 0.376 e. The van der Waals surface area contributed by atoms with E-state index in [1.807, 2.05) is 55.5 Å². The second-order valence-electron chi connectivity index (χ2n) is 6.60. The Balaban J connectivity index is 1.71. The molecule has 5 heteroatoms. The summed E-state index contributed by atoms with van der Waals surface area (Å²) in [6.07, 6.45) is 3.85. The van der Waals surface area contributed by atoms with Gasteiger partial charge in [-0.05, 0) is 44.0 Å². The number of pyridine rings is 2. The van der Waals surface area contributed by atoms with Gasteiger partial charge >= 0.3 is 0 Å². The standard InChI is InChI=1S/C21H21N3O2/c1-14(20-10-6-12-26-20)23-21(25)16-13-19(18-9-4-5-11-22-18)24-17-8-3-2-7-15(16)17/h2-5,7-9,11,13-14,20H,6,10,12H2,1H3,(H,23,25)/t14-,20-/m1/s1. The third-order valence-corrected chi connectivity index (χ3v) is 4.77. The number of fused-ring (bicyclic) bond motifs is 1. The summed E-state index contributed by atoms with van der Waals surface area (Å²) in [5.74, 6) is -0.108. The van der Waals surface area contributed by atoms with Crippen LogP contribution in [-0.4, -0.2) is 34.6 Å². The average Bonchev–Trinajstić information content (AvgIpc) is 3.23. The van der Waals surface area contributed by atoms with Crippen LogP contribution in [0.2, 0.25) is 0 Å². The van der Waals surface area contributed by atoms with E-state index < -0.39 is 0 Å². The van der Waals surface area contributed by atoms with Crippen LogP contribution in [0, 0.1) is 0 Å². The Morgan fingerprint density at radius 1 is 1.19 bits per heavy atom. The highest BCUT2D eigenvalue weighted by Crippen LogP contribution is 2.24. The third kappa shape index (κ3) is 3.30. The van der Waals surface area contributed by atoms with Crippen LogP contribution in [-0.2, 0) is 4.74 Å². The van der Waals surface area contributed by atoms with Gasteiger partial charge in [0.1, 0.15) is 0 Å². The number of hydrogen-bond acceptors (Lipinski definition) is 4. The third-order valence-electron chi connectivity index (χ3n) is 4.77. The number of hydrogen-bond donors (Lipinski definition) is 1. The summed E-state index contributed by atoms with van der Waals surface area (Å²) in [4.78, 5) is 22.0. The fourth-order valence-corrected chi connectivity index (χ4v) is 3.38. The molecule has 0 spiro atoms. The minimum Gasteiger partial charge on any atom is -0.376 e. The van der Waals surface area contributed by atoms with E-state index in [0.717, 1.165) is 36.0 Å². The van der Waals surface area contributed by atoms with Crippen molar-refractivity contribution in [2.75, 3.05) is 6.61 Å². The molecule has 5 nitrogen and oxygen atoms in total. The molecule has 1 saturated heterocycles. The highest BCUT2D eigenvalue weighted by atomic mass is 16.5. The van der Waals surface area contributed by atoms with Gasteiger partial charge in [0.2, 0.25) is 0 Å². The molecule has 0 radical (unpaired) electrons. The van der Waals surface area contributed by atoms with Crippen LogP contribution in [0.1, 0.15) is 30.1 Å². The Bertz CT molecular complexity index is 921. The van der Waals surface area contributed by atoms with E-state index in [1.165, 1.54) is 0 Å². The molecule has 1 amide bonds. The predicted molar refractivity (Wildman–Crippen MR) is 101 cm³/mol. The smallest absolute Gasteiger partial charge is 0.252 e. The maximum absolute atomic E-state index is 13.0. The van der Waals surface area contributed by atoms with E-state index in [9.17, 15) is 4.79 Å². The summed E-state index contributed by atoms with van der Waals surface area (Å²) in [7, 11) is 0. The summed E-state index contributed by atoms with van der Waals surface area (Å²) < 4.78 is 5.69. The SMILES string of the molecule is C[C@@H](NC(=O)c1cc(-c2ccccn2)nc2ccccc12)[C@H]1CCCO1. The Hall–Kier alpha value is -2.79. The number of para-hydroxylation sites is 1. The van der Waals surface area contributed by atoms with E-state index >= 15 is 0 Å². The van der Waals surface area contributed by atoms with Gasteiger partial charge in [-0.3, -0.25) is 9.78 Å². The number of carbonyl (C=O) groups excluding carboxylic acids is 1. The lowest BCUT2D eigenvalue weighted by Gasteiger charge is -2.20. The molecule has 1 aliphatic heterocycles. The molecule has 2 aromatic heterocycles. The number of carbonyl (C=O) groups is 1. The summed E-state index contributed by atoms with van der Waals surface area (Å²) in [6, 6.07) is 15.2. The van der Waals surface area contributed by atoms with Crippen LogP contribution in [0.15, 0.2) is 54.7 Å². The molecule has 4 rings (SSSR count). The molecule has 1 aliphatic rings. The van der Waals surface area contributed by atoms with Crippen molar-refractivity contribution in [1.82, 2.24) is 15.3 Å². The zero-order valence-electron chi connectivity index (χ0n) is 14.7. The second-order valence-corrected chi connectivity index (χ2v) is 6.60. The normalized spacial score (nSPS) is 18.0. The zero-order chi connectivity index (χ0) is 17.9. The Kier molecular flexibility index (Phi) is 4.63. The molecule has 3 heterocycles. The molecule has 1 aromatic carbocycles. The molecular weight excluding hydrogens is 326 g/mol. The van der Waals surface area contributed by atoms with Gasteiger partial charge in [0.05, 0.1) is 34.6 Å². The monoisotopic (exact) mass is 347 g/mol. The minimum atomic E-state index is -0.108. The first-order valence-corrected chi connectivity index (χ1v) is 8.96. The van der Waals surface area contributed by atoms with Crippen molar-refractivity contribution in [3.05, 3.63) is 60.3 Å². The molecule has 26 heavy (non-hydrogen) atoms. The van der Waals surface area contributed by atoms with Crippen LogP contribution < -0.4 is 5.32 Å². The van der Waals surface area contributed by atoms with Crippen molar-refractivity contribution in [1.29, 1.82) is 0 Å². The Morgan fingerprint density at radius 3 is 2.81 bits per heavy atom. The fraction of sp³-hybridized carbons (Fsp3) is 0.286. The Labute approximate surface area is 152 Å². The average molecular weight is 347 g/mol. The first kappa shape index (κ1) is 16.7. The lowest BCUT2D eigenvalue weighted by Crippen LogP contribution is -2.40. The highest BCUT2D eigenvalue weighted by Gasteiger charge is 2.25. The van der Waals surface area contributed by atoms with Gasteiger partial charge in [-0.1, -0.05) is 24.3 Å². The lowest BCUT2D eigenvalue weighted by molar-refractivity contribution is 0.0713. The molecule has 0 bridgehead atoms. The van der Waals surface area contributed by atoms with E-state index in [2.05, 4.69) is 15.3 Å². The lowest BCUT2D eigenvalue weighted by atomic mass is 10.0. The molecular formula is C21H21N3O2. The molecule has 1 N–H and O–H groups in total. The summed E-state index contributed by atoms with van der Waals surface area (Å²) >= 11 is 0.